The van der Waals surface area contributed by atoms with Gasteiger partial charge in [0.15, 0.2) is 0 Å². The first-order valence-corrected chi connectivity index (χ1v) is 17.6. The number of rotatable bonds is 3. The molecule has 0 spiro atoms. The highest BCUT2D eigenvalue weighted by atomic mass is 15.1. The first kappa shape index (κ1) is 30.7. The SMILES string of the molecule is C=C1/C=C(c2ccc3c(c2)C(=C)C2=C(/C=C\N3c3ccc4ccccc4c3)c3ccccc3C2(C)C)\C=C/N(c2ccccc2)c2ccccc21. The van der Waals surface area contributed by atoms with Crippen LogP contribution in [0.1, 0.15) is 41.7 Å². The Labute approximate surface area is 300 Å². The monoisotopic (exact) mass is 654 g/mol. The van der Waals surface area contributed by atoms with E-state index in [2.05, 4.69) is 200 Å². The van der Waals surface area contributed by atoms with Crippen molar-refractivity contribution in [3.63, 3.8) is 0 Å². The number of allylic oxidation sites excluding steroid dienone is 8. The van der Waals surface area contributed by atoms with Gasteiger partial charge in [-0.25, -0.2) is 0 Å². The van der Waals surface area contributed by atoms with Gasteiger partial charge >= 0.3 is 0 Å². The third kappa shape index (κ3) is 5.03. The molecule has 2 heterocycles. The molecule has 6 aromatic carbocycles. The highest BCUT2D eigenvalue weighted by molar-refractivity contribution is 6.04. The number of fused-ring (bicyclic) bond motifs is 5. The van der Waals surface area contributed by atoms with Crippen LogP contribution in [0, 0.1) is 0 Å². The van der Waals surface area contributed by atoms with Crippen molar-refractivity contribution in [3.05, 3.63) is 217 Å². The smallest absolute Gasteiger partial charge is 0.0534 e. The second-order valence-electron chi connectivity index (χ2n) is 14.1. The Kier molecular flexibility index (Phi) is 7.15. The van der Waals surface area contributed by atoms with Crippen LogP contribution >= 0.6 is 0 Å². The van der Waals surface area contributed by atoms with E-state index in [1.165, 1.54) is 33.0 Å². The Morgan fingerprint density at radius 2 is 1.20 bits per heavy atom. The lowest BCUT2D eigenvalue weighted by Crippen LogP contribution is -2.20. The zero-order valence-corrected chi connectivity index (χ0v) is 29.0. The summed E-state index contributed by atoms with van der Waals surface area (Å²) in [7, 11) is 0. The fourth-order valence-corrected chi connectivity index (χ4v) is 8.16. The molecular weight excluding hydrogens is 617 g/mol. The zero-order valence-electron chi connectivity index (χ0n) is 29.0. The van der Waals surface area contributed by atoms with Crippen LogP contribution in [-0.4, -0.2) is 0 Å². The molecule has 0 saturated heterocycles. The highest BCUT2D eigenvalue weighted by Gasteiger charge is 2.39. The van der Waals surface area contributed by atoms with E-state index in [9.17, 15) is 0 Å². The summed E-state index contributed by atoms with van der Waals surface area (Å²) in [5.74, 6) is 0. The van der Waals surface area contributed by atoms with E-state index in [0.29, 0.717) is 0 Å². The van der Waals surface area contributed by atoms with Gasteiger partial charge in [0.2, 0.25) is 0 Å². The molecule has 0 amide bonds. The molecule has 9 rings (SSSR count). The summed E-state index contributed by atoms with van der Waals surface area (Å²) in [5, 5.41) is 2.43. The molecule has 0 unspecified atom stereocenters. The average Bonchev–Trinajstić information content (AvgIpc) is 3.38. The first-order valence-electron chi connectivity index (χ1n) is 17.6. The second kappa shape index (κ2) is 11.9. The average molecular weight is 655 g/mol. The van der Waals surface area contributed by atoms with E-state index in [0.717, 1.165) is 56.2 Å². The quantitative estimate of drug-likeness (QED) is 0.187. The topological polar surface area (TPSA) is 6.48 Å². The lowest BCUT2D eigenvalue weighted by atomic mass is 9.76. The maximum absolute atomic E-state index is 4.89. The molecule has 2 heteroatoms. The van der Waals surface area contributed by atoms with Gasteiger partial charge in [-0.2, -0.15) is 0 Å². The third-order valence-corrected chi connectivity index (χ3v) is 10.7. The standard InChI is InChI=1S/C49H38N2/c1-33-30-38(26-28-50(39-16-6-5-7-17-39)46-21-13-11-18-41(33)46)37-23-25-47-44(32-37)34(2)48-43(42-19-10-12-20-45(42)49(48,3)4)27-29-51(47)40-24-22-35-14-8-9-15-36(35)31-40/h5-32H,1-2H2,3-4H3/b28-26-,29-27-,38-30+. The molecule has 0 aromatic heterocycles. The van der Waals surface area contributed by atoms with Crippen molar-refractivity contribution in [1.82, 2.24) is 0 Å². The Morgan fingerprint density at radius 1 is 0.529 bits per heavy atom. The summed E-state index contributed by atoms with van der Waals surface area (Å²) < 4.78 is 0. The van der Waals surface area contributed by atoms with Crippen molar-refractivity contribution >= 4 is 55.8 Å². The number of anilines is 4. The van der Waals surface area contributed by atoms with Crippen molar-refractivity contribution in [2.45, 2.75) is 19.3 Å². The number of hydrogen-bond acceptors (Lipinski definition) is 2. The van der Waals surface area contributed by atoms with Gasteiger partial charge in [0.05, 0.1) is 11.4 Å². The van der Waals surface area contributed by atoms with Gasteiger partial charge in [0.25, 0.3) is 0 Å². The van der Waals surface area contributed by atoms with Crippen LogP contribution in [0.4, 0.5) is 22.7 Å². The van der Waals surface area contributed by atoms with Gasteiger partial charge in [-0.1, -0.05) is 124 Å². The molecule has 1 aliphatic carbocycles. The normalized spacial score (nSPS) is 18.4. The lowest BCUT2D eigenvalue weighted by Gasteiger charge is -2.32. The highest BCUT2D eigenvalue weighted by Crippen LogP contribution is 2.54. The number of para-hydroxylation sites is 2. The summed E-state index contributed by atoms with van der Waals surface area (Å²) in [6.45, 7) is 14.1. The minimum atomic E-state index is -0.209. The van der Waals surface area contributed by atoms with Gasteiger partial charge in [0.1, 0.15) is 0 Å². The first-order chi connectivity index (χ1) is 24.9. The van der Waals surface area contributed by atoms with E-state index in [-0.39, 0.29) is 5.41 Å². The largest absolute Gasteiger partial charge is 0.317 e. The Bertz CT molecular complexity index is 2540. The van der Waals surface area contributed by atoms with Crippen LogP contribution in [-0.2, 0) is 5.41 Å². The van der Waals surface area contributed by atoms with Gasteiger partial charge < -0.3 is 9.80 Å². The fourth-order valence-electron chi connectivity index (χ4n) is 8.16. The predicted molar refractivity (Wildman–Crippen MR) is 218 cm³/mol. The number of nitrogens with zero attached hydrogens (tertiary/aromatic N) is 2. The molecule has 3 aliphatic rings. The van der Waals surface area contributed by atoms with Gasteiger partial charge in [0, 0.05) is 40.3 Å². The summed E-state index contributed by atoms with van der Waals surface area (Å²) in [6, 6.07) is 49.9. The van der Waals surface area contributed by atoms with Gasteiger partial charge in [-0.05, 0) is 116 Å². The van der Waals surface area contributed by atoms with Crippen molar-refractivity contribution < 1.29 is 0 Å². The zero-order chi connectivity index (χ0) is 34.7. The van der Waals surface area contributed by atoms with E-state index in [1.807, 2.05) is 0 Å². The van der Waals surface area contributed by atoms with Crippen LogP contribution in [0.15, 0.2) is 189 Å². The van der Waals surface area contributed by atoms with Crippen molar-refractivity contribution in [1.29, 1.82) is 0 Å². The molecule has 0 atom stereocenters. The maximum atomic E-state index is 4.89. The predicted octanol–water partition coefficient (Wildman–Crippen LogP) is 13.0. The number of hydrogen-bond donors (Lipinski definition) is 0. The van der Waals surface area contributed by atoms with Gasteiger partial charge in [-0.3, -0.25) is 0 Å². The van der Waals surface area contributed by atoms with Crippen LogP contribution in [0.25, 0.3) is 33.1 Å². The van der Waals surface area contributed by atoms with Crippen molar-refractivity contribution in [2.24, 2.45) is 0 Å². The maximum Gasteiger partial charge on any atom is 0.0534 e. The van der Waals surface area contributed by atoms with Crippen LogP contribution in [0.2, 0.25) is 0 Å². The minimum Gasteiger partial charge on any atom is -0.317 e. The van der Waals surface area contributed by atoms with Crippen molar-refractivity contribution in [3.8, 4) is 0 Å². The molecule has 0 fully saturated rings. The van der Waals surface area contributed by atoms with E-state index in [1.54, 1.807) is 0 Å². The molecular formula is C49H38N2. The molecule has 6 aromatic rings. The second-order valence-corrected chi connectivity index (χ2v) is 14.1. The molecule has 2 nitrogen and oxygen atoms in total. The van der Waals surface area contributed by atoms with Crippen molar-refractivity contribution in [2.75, 3.05) is 9.80 Å². The Balaban J connectivity index is 1.24. The summed E-state index contributed by atoms with van der Waals surface area (Å²) in [4.78, 5) is 4.57. The van der Waals surface area contributed by atoms with Crippen LogP contribution in [0.3, 0.4) is 0 Å². The van der Waals surface area contributed by atoms with E-state index in [4.69, 9.17) is 6.58 Å². The molecule has 0 radical (unpaired) electrons. The van der Waals surface area contributed by atoms with Crippen LogP contribution in [0.5, 0.6) is 0 Å². The summed E-state index contributed by atoms with van der Waals surface area (Å²) >= 11 is 0. The molecule has 2 aliphatic heterocycles. The molecule has 0 bridgehead atoms. The van der Waals surface area contributed by atoms with E-state index < -0.39 is 0 Å². The molecule has 0 N–H and O–H groups in total. The molecule has 51 heavy (non-hydrogen) atoms. The minimum absolute atomic E-state index is 0.209. The molecule has 244 valence electrons. The van der Waals surface area contributed by atoms with E-state index >= 15 is 0 Å². The van der Waals surface area contributed by atoms with Gasteiger partial charge in [-0.15, -0.1) is 0 Å². The fraction of sp³-hybridized carbons (Fsp3) is 0.0612. The van der Waals surface area contributed by atoms with Crippen LogP contribution < -0.4 is 9.80 Å². The lowest BCUT2D eigenvalue weighted by molar-refractivity contribution is 0.658. The number of benzene rings is 6. The summed E-state index contributed by atoms with van der Waals surface area (Å²) in [5.41, 5.74) is 15.7. The summed E-state index contributed by atoms with van der Waals surface area (Å²) in [6.07, 6.45) is 11.1. The Hall–Kier alpha value is -6.38. The molecule has 0 saturated carbocycles. The Morgan fingerprint density at radius 3 is 2.04 bits per heavy atom. The third-order valence-electron chi connectivity index (χ3n) is 10.7.